The zero-order chi connectivity index (χ0) is 14.1. The Morgan fingerprint density at radius 1 is 1.50 bits per heavy atom. The lowest BCUT2D eigenvalue weighted by molar-refractivity contribution is 0.0954. The monoisotopic (exact) mass is 289 g/mol. The molecule has 1 aromatic carbocycles. The molecule has 0 fully saturated rings. The number of hydrogen-bond acceptors (Lipinski definition) is 3. The number of thiophene rings is 1. The number of nitrogens with zero attached hydrogens (tertiary/aromatic N) is 1. The zero-order valence-corrected chi connectivity index (χ0v) is 11.6. The highest BCUT2D eigenvalue weighted by Gasteiger charge is 2.17. The van der Waals surface area contributed by atoms with Crippen LogP contribution in [0.2, 0.25) is 0 Å². The summed E-state index contributed by atoms with van der Waals surface area (Å²) in [5.74, 6) is -0.485. The summed E-state index contributed by atoms with van der Waals surface area (Å²) in [5.41, 5.74) is 1.51. The molecule has 102 valence electrons. The molecular formula is C14H12FN3OS. The Labute approximate surface area is 118 Å². The van der Waals surface area contributed by atoms with Crippen molar-refractivity contribution in [2.45, 2.75) is 13.5 Å². The number of nitrogens with one attached hydrogen (secondary N) is 2. The third-order valence-corrected chi connectivity index (χ3v) is 4.36. The first-order valence-electron chi connectivity index (χ1n) is 6.10. The molecule has 6 heteroatoms. The van der Waals surface area contributed by atoms with E-state index in [0.717, 1.165) is 10.4 Å². The minimum absolute atomic E-state index is 0.197. The molecule has 0 radical (unpaired) electrons. The van der Waals surface area contributed by atoms with E-state index in [4.69, 9.17) is 0 Å². The third-order valence-electron chi connectivity index (χ3n) is 3.10. The number of aryl methyl sites for hydroxylation is 1. The molecule has 0 bridgehead atoms. The van der Waals surface area contributed by atoms with Crippen LogP contribution in [0.5, 0.6) is 0 Å². The Morgan fingerprint density at radius 2 is 2.35 bits per heavy atom. The minimum Gasteiger partial charge on any atom is -0.347 e. The van der Waals surface area contributed by atoms with E-state index in [1.165, 1.54) is 17.4 Å². The van der Waals surface area contributed by atoms with Crippen molar-refractivity contribution in [1.29, 1.82) is 0 Å². The maximum Gasteiger partial charge on any atom is 0.261 e. The second-order valence-electron chi connectivity index (χ2n) is 4.43. The maximum absolute atomic E-state index is 13.8. The van der Waals surface area contributed by atoms with Gasteiger partial charge in [0.15, 0.2) is 0 Å². The summed E-state index contributed by atoms with van der Waals surface area (Å²) in [6.45, 7) is 2.14. The standard InChI is InChI=1S/C14H12FN3OS/c1-8-12-10(15)3-2-4-11(12)20-13(8)14(19)17-6-9-5-16-7-18-9/h2-5,7H,6H2,1H3,(H,16,18)(H,17,19). The lowest BCUT2D eigenvalue weighted by atomic mass is 10.1. The van der Waals surface area contributed by atoms with E-state index in [-0.39, 0.29) is 11.7 Å². The number of imidazole rings is 1. The Kier molecular flexibility index (Phi) is 3.23. The van der Waals surface area contributed by atoms with Gasteiger partial charge in [-0.25, -0.2) is 9.37 Å². The topological polar surface area (TPSA) is 57.8 Å². The first kappa shape index (κ1) is 12.8. The summed E-state index contributed by atoms with van der Waals surface area (Å²) in [6, 6.07) is 4.88. The summed E-state index contributed by atoms with van der Waals surface area (Å²) in [4.78, 5) is 19.5. The molecule has 3 rings (SSSR count). The minimum atomic E-state index is -0.288. The van der Waals surface area contributed by atoms with Crippen LogP contribution in [0.15, 0.2) is 30.7 Å². The fourth-order valence-electron chi connectivity index (χ4n) is 2.11. The highest BCUT2D eigenvalue weighted by molar-refractivity contribution is 7.21. The van der Waals surface area contributed by atoms with Gasteiger partial charge in [-0.1, -0.05) is 6.07 Å². The molecule has 0 saturated carbocycles. The summed E-state index contributed by atoms with van der Waals surface area (Å²) in [5, 5.41) is 3.33. The van der Waals surface area contributed by atoms with Crippen molar-refractivity contribution in [2.75, 3.05) is 0 Å². The van der Waals surface area contributed by atoms with Gasteiger partial charge in [-0.05, 0) is 24.6 Å². The van der Waals surface area contributed by atoms with Crippen molar-refractivity contribution in [2.24, 2.45) is 0 Å². The van der Waals surface area contributed by atoms with Gasteiger partial charge in [-0.15, -0.1) is 11.3 Å². The number of aromatic nitrogens is 2. The number of carbonyl (C=O) groups is 1. The molecule has 2 aromatic heterocycles. The molecular weight excluding hydrogens is 277 g/mol. The fraction of sp³-hybridized carbons (Fsp3) is 0.143. The average molecular weight is 289 g/mol. The lowest BCUT2D eigenvalue weighted by Gasteiger charge is -2.02. The van der Waals surface area contributed by atoms with Crippen LogP contribution in [0.4, 0.5) is 4.39 Å². The highest BCUT2D eigenvalue weighted by Crippen LogP contribution is 2.32. The van der Waals surface area contributed by atoms with Crippen LogP contribution < -0.4 is 5.32 Å². The number of hydrogen-bond donors (Lipinski definition) is 2. The first-order chi connectivity index (χ1) is 9.66. The molecule has 3 aromatic rings. The van der Waals surface area contributed by atoms with Crippen LogP contribution in [-0.4, -0.2) is 15.9 Å². The van der Waals surface area contributed by atoms with Crippen LogP contribution in [-0.2, 0) is 6.54 Å². The second kappa shape index (κ2) is 5.05. The quantitative estimate of drug-likeness (QED) is 0.778. The number of fused-ring (bicyclic) bond motifs is 1. The van der Waals surface area contributed by atoms with E-state index in [2.05, 4.69) is 15.3 Å². The number of benzene rings is 1. The zero-order valence-electron chi connectivity index (χ0n) is 10.7. The Bertz CT molecular complexity index is 764. The van der Waals surface area contributed by atoms with Gasteiger partial charge in [-0.3, -0.25) is 4.79 Å². The van der Waals surface area contributed by atoms with Gasteiger partial charge in [0.2, 0.25) is 0 Å². The van der Waals surface area contributed by atoms with Gasteiger partial charge >= 0.3 is 0 Å². The van der Waals surface area contributed by atoms with Crippen LogP contribution >= 0.6 is 11.3 Å². The van der Waals surface area contributed by atoms with Crippen molar-refractivity contribution in [3.63, 3.8) is 0 Å². The SMILES string of the molecule is Cc1c(C(=O)NCc2cnc[nH]2)sc2cccc(F)c12. The molecule has 0 saturated heterocycles. The molecule has 4 nitrogen and oxygen atoms in total. The largest absolute Gasteiger partial charge is 0.347 e. The Balaban J connectivity index is 1.88. The first-order valence-corrected chi connectivity index (χ1v) is 6.91. The number of carbonyl (C=O) groups excluding carboxylic acids is 1. The third kappa shape index (κ3) is 2.18. The van der Waals surface area contributed by atoms with Gasteiger partial charge in [0.1, 0.15) is 5.82 Å². The van der Waals surface area contributed by atoms with Gasteiger partial charge in [-0.2, -0.15) is 0 Å². The molecule has 2 N–H and O–H groups in total. The summed E-state index contributed by atoms with van der Waals surface area (Å²) in [6.07, 6.45) is 3.21. The predicted octanol–water partition coefficient (Wildman–Crippen LogP) is 3.00. The molecule has 0 aliphatic carbocycles. The highest BCUT2D eigenvalue weighted by atomic mass is 32.1. The number of halogens is 1. The van der Waals surface area contributed by atoms with Crippen molar-refractivity contribution in [3.05, 3.63) is 52.7 Å². The van der Waals surface area contributed by atoms with Gasteiger partial charge < -0.3 is 10.3 Å². The molecule has 20 heavy (non-hydrogen) atoms. The smallest absolute Gasteiger partial charge is 0.261 e. The molecule has 0 unspecified atom stereocenters. The van der Waals surface area contributed by atoms with Gasteiger partial charge in [0, 0.05) is 16.3 Å². The van der Waals surface area contributed by atoms with Crippen molar-refractivity contribution >= 4 is 27.3 Å². The second-order valence-corrected chi connectivity index (χ2v) is 5.48. The predicted molar refractivity (Wildman–Crippen MR) is 76.3 cm³/mol. The fourth-order valence-corrected chi connectivity index (χ4v) is 3.25. The van der Waals surface area contributed by atoms with E-state index >= 15 is 0 Å². The number of aromatic amines is 1. The van der Waals surface area contributed by atoms with E-state index in [1.807, 2.05) is 6.07 Å². The van der Waals surface area contributed by atoms with Crippen LogP contribution in [0.1, 0.15) is 20.9 Å². The summed E-state index contributed by atoms with van der Waals surface area (Å²) >= 11 is 1.31. The van der Waals surface area contributed by atoms with Gasteiger partial charge in [0.25, 0.3) is 5.91 Å². The normalized spacial score (nSPS) is 10.9. The van der Waals surface area contributed by atoms with E-state index in [9.17, 15) is 9.18 Å². The number of H-pyrrole nitrogens is 1. The molecule has 0 spiro atoms. The van der Waals surface area contributed by atoms with E-state index in [0.29, 0.717) is 22.4 Å². The van der Waals surface area contributed by atoms with Crippen LogP contribution in [0.3, 0.4) is 0 Å². The molecule has 2 heterocycles. The molecule has 1 amide bonds. The van der Waals surface area contributed by atoms with E-state index in [1.54, 1.807) is 25.5 Å². The van der Waals surface area contributed by atoms with Crippen molar-refractivity contribution in [1.82, 2.24) is 15.3 Å². The van der Waals surface area contributed by atoms with Crippen LogP contribution in [0.25, 0.3) is 10.1 Å². The number of amides is 1. The Morgan fingerprint density at radius 3 is 3.05 bits per heavy atom. The molecule has 0 atom stereocenters. The lowest BCUT2D eigenvalue weighted by Crippen LogP contribution is -2.22. The number of rotatable bonds is 3. The average Bonchev–Trinajstić information content (AvgIpc) is 3.05. The van der Waals surface area contributed by atoms with E-state index < -0.39 is 0 Å². The molecule has 0 aliphatic rings. The maximum atomic E-state index is 13.8. The Hall–Kier alpha value is -2.21. The van der Waals surface area contributed by atoms with Crippen molar-refractivity contribution in [3.8, 4) is 0 Å². The molecule has 0 aliphatic heterocycles. The summed E-state index contributed by atoms with van der Waals surface area (Å²) in [7, 11) is 0. The summed E-state index contributed by atoms with van der Waals surface area (Å²) < 4.78 is 14.6. The van der Waals surface area contributed by atoms with Crippen LogP contribution in [0, 0.1) is 12.7 Å². The van der Waals surface area contributed by atoms with Gasteiger partial charge in [0.05, 0.1) is 23.4 Å². The van der Waals surface area contributed by atoms with Crippen molar-refractivity contribution < 1.29 is 9.18 Å².